The summed E-state index contributed by atoms with van der Waals surface area (Å²) in [5.74, 6) is -3.65. The minimum atomic E-state index is -1.82. The second-order valence-electron chi connectivity index (χ2n) is 1.10. The summed E-state index contributed by atoms with van der Waals surface area (Å²) < 4.78 is 1.08. The zero-order valence-electron chi connectivity index (χ0n) is 5.20. The van der Waals surface area contributed by atoms with Crippen LogP contribution in [0.1, 0.15) is 0 Å². The summed E-state index contributed by atoms with van der Waals surface area (Å²) in [4.78, 5) is 18.2. The van der Waals surface area contributed by atoms with Crippen molar-refractivity contribution in [3.05, 3.63) is 12.7 Å². The largest absolute Gasteiger partial charge is 0.473 e. The van der Waals surface area contributed by atoms with Gasteiger partial charge in [-0.1, -0.05) is 0 Å². The minimum Gasteiger partial charge on any atom is -0.473 e. The summed E-state index contributed by atoms with van der Waals surface area (Å²) in [5.41, 5.74) is 0. The molecular weight excluding hydrogens is 172 g/mol. The average molecular weight is 179 g/mol. The Hall–Kier alpha value is -0.606. The Labute approximate surface area is 70.0 Å². The summed E-state index contributed by atoms with van der Waals surface area (Å²) >= 11 is 2.06. The van der Waals surface area contributed by atoms with Gasteiger partial charge >= 0.3 is 49.8 Å². The molecule has 0 aliphatic heterocycles. The maximum Gasteiger partial charge on any atom is 0.414 e. The predicted octanol–water partition coefficient (Wildman–Crippen LogP) is 0.293. The van der Waals surface area contributed by atoms with E-state index in [0.29, 0.717) is 0 Å². The molecule has 55 valence electrons. The molecule has 0 saturated heterocycles. The first-order valence-electron chi connectivity index (χ1n) is 2.28. The van der Waals surface area contributed by atoms with E-state index < -0.39 is 11.9 Å². The van der Waals surface area contributed by atoms with Gasteiger partial charge in [-0.25, -0.2) is 9.59 Å². The van der Waals surface area contributed by atoms with E-state index in [1.165, 1.54) is 0 Å². The molecule has 0 spiro atoms. The number of hydrogen-bond acceptors (Lipinski definition) is 2. The van der Waals surface area contributed by atoms with Crippen LogP contribution in [0.3, 0.4) is 0 Å². The zero-order valence-corrected chi connectivity index (χ0v) is 6.76. The third-order valence-corrected chi connectivity index (χ3v) is 0.778. The molecule has 5 heteroatoms. The molecule has 10 heavy (non-hydrogen) atoms. The van der Waals surface area contributed by atoms with Crippen molar-refractivity contribution in [2.45, 2.75) is 4.73 Å². The summed E-state index contributed by atoms with van der Waals surface area (Å²) in [6, 6.07) is 0. The van der Waals surface area contributed by atoms with Crippen molar-refractivity contribution in [2.75, 3.05) is 0 Å². The molecule has 0 aliphatic carbocycles. The third-order valence-electron chi connectivity index (χ3n) is 0.327. The van der Waals surface area contributed by atoms with Crippen LogP contribution in [0.25, 0.3) is 0 Å². The van der Waals surface area contributed by atoms with E-state index in [2.05, 4.69) is 27.0 Å². The molecule has 0 fully saturated rings. The molecule has 0 heterocycles. The average Bonchev–Trinajstić information content (AvgIpc) is 1.89. The molecule has 0 aromatic heterocycles. The first kappa shape index (κ1) is 12.1. The van der Waals surface area contributed by atoms with Gasteiger partial charge in [0.1, 0.15) is 0 Å². The number of carboxylic acids is 2. The molecule has 0 atom stereocenters. The van der Waals surface area contributed by atoms with Crippen molar-refractivity contribution in [3.8, 4) is 0 Å². The number of carboxylic acid groups (broad SMARTS) is 2. The fraction of sp³-hybridized carbons (Fsp3) is 0.200. The Morgan fingerprint density at radius 3 is 1.60 bits per heavy atom. The van der Waals surface area contributed by atoms with Gasteiger partial charge in [0.05, 0.1) is 0 Å². The molecule has 0 aliphatic rings. The van der Waals surface area contributed by atoms with Crippen molar-refractivity contribution in [1.29, 1.82) is 0 Å². The summed E-state index contributed by atoms with van der Waals surface area (Å²) in [6.45, 7) is 3.48. The van der Waals surface area contributed by atoms with E-state index in [-0.39, 0.29) is 0 Å². The van der Waals surface area contributed by atoms with Crippen molar-refractivity contribution in [2.24, 2.45) is 0 Å². The van der Waals surface area contributed by atoms with Gasteiger partial charge in [-0.05, 0) is 0 Å². The quantitative estimate of drug-likeness (QED) is 0.344. The standard InChI is InChI=1S/C3H5.C2H2O4.Ti/c1-3-2;3-1(4)2(5)6;/h3H,1-2H2;(H,3,4)(H,5,6);. The number of rotatable bonds is 1. The molecule has 0 bridgehead atoms. The van der Waals surface area contributed by atoms with E-state index in [0.717, 1.165) is 4.73 Å². The topological polar surface area (TPSA) is 74.6 Å². The third kappa shape index (κ3) is 15.7. The number of allylic oxidation sites excluding steroid dienone is 1. The molecule has 0 aromatic rings. The van der Waals surface area contributed by atoms with Gasteiger partial charge in [0.2, 0.25) is 0 Å². The number of carbonyl (C=O) groups is 2. The van der Waals surface area contributed by atoms with Gasteiger partial charge in [0.15, 0.2) is 0 Å². The zero-order chi connectivity index (χ0) is 8.57. The first-order chi connectivity index (χ1) is 4.56. The van der Waals surface area contributed by atoms with Gasteiger partial charge in [-0.15, -0.1) is 0 Å². The molecule has 2 N–H and O–H groups in total. The normalized spacial score (nSPS) is 6.70. The summed E-state index contributed by atoms with van der Waals surface area (Å²) in [6.07, 6.45) is 1.88. The van der Waals surface area contributed by atoms with Gasteiger partial charge in [0.25, 0.3) is 0 Å². The fourth-order valence-electron chi connectivity index (χ4n) is 0. The van der Waals surface area contributed by atoms with Crippen LogP contribution in [0.2, 0.25) is 4.73 Å². The van der Waals surface area contributed by atoms with Crippen LogP contribution >= 0.6 is 0 Å². The Morgan fingerprint density at radius 1 is 1.40 bits per heavy atom. The molecule has 0 unspecified atom stereocenters. The van der Waals surface area contributed by atoms with Gasteiger partial charge in [0, 0.05) is 0 Å². The number of hydrogen-bond donors (Lipinski definition) is 2. The van der Waals surface area contributed by atoms with Crippen LogP contribution < -0.4 is 0 Å². The molecule has 0 radical (unpaired) electrons. The summed E-state index contributed by atoms with van der Waals surface area (Å²) in [5, 5.41) is 14.8. The molecule has 0 aromatic carbocycles. The van der Waals surface area contributed by atoms with E-state index in [4.69, 9.17) is 19.8 Å². The Balaban J connectivity index is 0. The van der Waals surface area contributed by atoms with Gasteiger partial charge in [-0.2, -0.15) is 0 Å². The first-order valence-corrected chi connectivity index (χ1v) is 3.38. The Bertz CT molecular complexity index is 120. The van der Waals surface area contributed by atoms with Crippen molar-refractivity contribution < 1.29 is 40.2 Å². The fourth-order valence-corrected chi connectivity index (χ4v) is 0. The Kier molecular flexibility index (Phi) is 10.2. The van der Waals surface area contributed by atoms with Crippen LogP contribution in [0.15, 0.2) is 12.7 Å². The Morgan fingerprint density at radius 2 is 1.60 bits per heavy atom. The van der Waals surface area contributed by atoms with Gasteiger partial charge < -0.3 is 10.2 Å². The maximum absolute atomic E-state index is 9.10. The van der Waals surface area contributed by atoms with Crippen molar-refractivity contribution in [1.82, 2.24) is 0 Å². The van der Waals surface area contributed by atoms with Crippen LogP contribution in [0.4, 0.5) is 0 Å². The number of aliphatic carboxylic acids is 2. The van der Waals surface area contributed by atoms with Crippen LogP contribution in [0, 0.1) is 0 Å². The van der Waals surface area contributed by atoms with E-state index in [1.807, 2.05) is 6.08 Å². The second kappa shape index (κ2) is 8.39. The van der Waals surface area contributed by atoms with Crippen molar-refractivity contribution in [3.63, 3.8) is 0 Å². The van der Waals surface area contributed by atoms with E-state index in [1.54, 1.807) is 0 Å². The SMILES string of the molecule is C=C[CH2][Ti].O=C(O)C(=O)O. The minimum absolute atomic E-state index is 1.08. The molecule has 0 rings (SSSR count). The van der Waals surface area contributed by atoms with Gasteiger partial charge in [-0.3, -0.25) is 0 Å². The second-order valence-corrected chi connectivity index (χ2v) is 1.74. The van der Waals surface area contributed by atoms with Crippen LogP contribution in [-0.4, -0.2) is 22.2 Å². The summed E-state index contributed by atoms with van der Waals surface area (Å²) in [7, 11) is 0. The van der Waals surface area contributed by atoms with Crippen LogP contribution in [-0.2, 0) is 30.0 Å². The predicted molar refractivity (Wildman–Crippen MR) is 30.3 cm³/mol. The monoisotopic (exact) mass is 179 g/mol. The maximum atomic E-state index is 9.10. The molecular formula is C5H7O4Ti. The van der Waals surface area contributed by atoms with E-state index >= 15 is 0 Å². The van der Waals surface area contributed by atoms with E-state index in [9.17, 15) is 0 Å². The molecule has 4 nitrogen and oxygen atoms in total. The molecule has 0 amide bonds. The van der Waals surface area contributed by atoms with Crippen molar-refractivity contribution >= 4 is 11.9 Å². The molecule has 0 saturated carbocycles. The van der Waals surface area contributed by atoms with Crippen LogP contribution in [0.5, 0.6) is 0 Å². The smallest absolute Gasteiger partial charge is 0.414 e.